The third-order valence-electron chi connectivity index (χ3n) is 3.32. The Morgan fingerprint density at radius 3 is 2.77 bits per heavy atom. The molecular weight excluding hydrogens is 160 g/mol. The Bertz CT molecular complexity index is 193. The maximum atomic E-state index is 8.68. The van der Waals surface area contributed by atoms with E-state index >= 15 is 0 Å². The van der Waals surface area contributed by atoms with Crippen molar-refractivity contribution < 1.29 is 0 Å². The van der Waals surface area contributed by atoms with Crippen LogP contribution >= 0.6 is 0 Å². The predicted octanol–water partition coefficient (Wildman–Crippen LogP) is 2.27. The highest BCUT2D eigenvalue weighted by Crippen LogP contribution is 2.28. The summed E-state index contributed by atoms with van der Waals surface area (Å²) in [5, 5.41) is 8.68. The second-order valence-corrected chi connectivity index (χ2v) is 4.53. The van der Waals surface area contributed by atoms with Crippen molar-refractivity contribution in [1.29, 1.82) is 5.26 Å². The highest BCUT2D eigenvalue weighted by Gasteiger charge is 2.27. The van der Waals surface area contributed by atoms with Crippen LogP contribution in [0.15, 0.2) is 0 Å². The van der Waals surface area contributed by atoms with Gasteiger partial charge in [0.25, 0.3) is 0 Å². The van der Waals surface area contributed by atoms with Gasteiger partial charge >= 0.3 is 0 Å². The second-order valence-electron chi connectivity index (χ2n) is 4.53. The highest BCUT2D eigenvalue weighted by molar-refractivity contribution is 4.87. The van der Waals surface area contributed by atoms with E-state index in [1.807, 2.05) is 0 Å². The molecule has 0 radical (unpaired) electrons. The first-order chi connectivity index (χ1) is 6.15. The lowest BCUT2D eigenvalue weighted by atomic mass is 9.82. The van der Waals surface area contributed by atoms with Crippen LogP contribution in [-0.4, -0.2) is 24.5 Å². The molecule has 1 heterocycles. The van der Waals surface area contributed by atoms with Crippen LogP contribution in [0.4, 0.5) is 0 Å². The first-order valence-corrected chi connectivity index (χ1v) is 5.22. The van der Waals surface area contributed by atoms with Crippen molar-refractivity contribution in [1.82, 2.24) is 4.90 Å². The standard InChI is InChI=1S/C11H20N2/c1-9(2)10-5-7-13(3)11(8-10)4-6-12/h9-11H,4-5,7-8H2,1-3H3/t10?,11-/m0/s1. The molecule has 0 spiro atoms. The van der Waals surface area contributed by atoms with Crippen LogP contribution in [0, 0.1) is 23.2 Å². The van der Waals surface area contributed by atoms with E-state index in [1.54, 1.807) is 0 Å². The van der Waals surface area contributed by atoms with E-state index in [-0.39, 0.29) is 0 Å². The van der Waals surface area contributed by atoms with Gasteiger partial charge in [-0.15, -0.1) is 0 Å². The summed E-state index contributed by atoms with van der Waals surface area (Å²) in [5.41, 5.74) is 0. The molecule has 1 saturated heterocycles. The maximum Gasteiger partial charge on any atom is 0.0638 e. The molecule has 1 aliphatic rings. The van der Waals surface area contributed by atoms with Gasteiger partial charge in [0.15, 0.2) is 0 Å². The fourth-order valence-corrected chi connectivity index (χ4v) is 2.15. The molecular formula is C11H20N2. The molecule has 2 heteroatoms. The Balaban J connectivity index is 2.48. The van der Waals surface area contributed by atoms with Crippen LogP contribution in [0.25, 0.3) is 0 Å². The van der Waals surface area contributed by atoms with Gasteiger partial charge in [-0.25, -0.2) is 0 Å². The molecule has 0 N–H and O–H groups in total. The second kappa shape index (κ2) is 4.62. The summed E-state index contributed by atoms with van der Waals surface area (Å²) in [5.74, 6) is 1.60. The molecule has 0 aromatic rings. The van der Waals surface area contributed by atoms with Crippen LogP contribution in [-0.2, 0) is 0 Å². The van der Waals surface area contributed by atoms with Crippen molar-refractivity contribution in [2.24, 2.45) is 11.8 Å². The quantitative estimate of drug-likeness (QED) is 0.652. The van der Waals surface area contributed by atoms with E-state index in [2.05, 4.69) is 31.9 Å². The number of likely N-dealkylation sites (tertiary alicyclic amines) is 1. The van der Waals surface area contributed by atoms with Crippen LogP contribution in [0.2, 0.25) is 0 Å². The van der Waals surface area contributed by atoms with E-state index < -0.39 is 0 Å². The first kappa shape index (κ1) is 10.5. The monoisotopic (exact) mass is 180 g/mol. The Morgan fingerprint density at radius 1 is 1.54 bits per heavy atom. The molecule has 1 fully saturated rings. The fourth-order valence-electron chi connectivity index (χ4n) is 2.15. The van der Waals surface area contributed by atoms with E-state index in [4.69, 9.17) is 5.26 Å². The van der Waals surface area contributed by atoms with Gasteiger partial charge in [0.1, 0.15) is 0 Å². The number of hydrogen-bond donors (Lipinski definition) is 0. The summed E-state index contributed by atoms with van der Waals surface area (Å²) in [4.78, 5) is 2.34. The van der Waals surface area contributed by atoms with Gasteiger partial charge < -0.3 is 4.90 Å². The topological polar surface area (TPSA) is 27.0 Å². The SMILES string of the molecule is CC(C)C1CCN(C)[C@@H](CC#N)C1. The lowest BCUT2D eigenvalue weighted by molar-refractivity contribution is 0.120. The number of piperidine rings is 1. The van der Waals surface area contributed by atoms with Gasteiger partial charge in [0.2, 0.25) is 0 Å². The normalized spacial score (nSPS) is 30.4. The van der Waals surface area contributed by atoms with E-state index in [0.717, 1.165) is 18.4 Å². The lowest BCUT2D eigenvalue weighted by Crippen LogP contribution is -2.40. The minimum Gasteiger partial charge on any atom is -0.302 e. The third-order valence-corrected chi connectivity index (χ3v) is 3.32. The zero-order valence-electron chi connectivity index (χ0n) is 8.95. The average molecular weight is 180 g/mol. The maximum absolute atomic E-state index is 8.68. The van der Waals surface area contributed by atoms with Gasteiger partial charge in [-0.3, -0.25) is 0 Å². The predicted molar refractivity (Wildman–Crippen MR) is 54.2 cm³/mol. The molecule has 74 valence electrons. The number of nitriles is 1. The van der Waals surface area contributed by atoms with Crippen LogP contribution in [0.5, 0.6) is 0 Å². The molecule has 1 rings (SSSR count). The molecule has 1 aliphatic heterocycles. The van der Waals surface area contributed by atoms with Gasteiger partial charge in [-0.05, 0) is 38.3 Å². The summed E-state index contributed by atoms with van der Waals surface area (Å²) in [6.07, 6.45) is 3.21. The largest absolute Gasteiger partial charge is 0.302 e. The van der Waals surface area contributed by atoms with Crippen molar-refractivity contribution in [2.75, 3.05) is 13.6 Å². The number of hydrogen-bond acceptors (Lipinski definition) is 2. The minimum atomic E-state index is 0.506. The van der Waals surface area contributed by atoms with E-state index in [0.29, 0.717) is 12.5 Å². The summed E-state index contributed by atoms with van der Waals surface area (Å²) in [7, 11) is 2.14. The van der Waals surface area contributed by atoms with Crippen LogP contribution < -0.4 is 0 Å². The summed E-state index contributed by atoms with van der Waals surface area (Å²) >= 11 is 0. The van der Waals surface area contributed by atoms with E-state index in [9.17, 15) is 0 Å². The smallest absolute Gasteiger partial charge is 0.0638 e. The van der Waals surface area contributed by atoms with Crippen LogP contribution in [0.1, 0.15) is 33.1 Å². The molecule has 0 aromatic heterocycles. The fraction of sp³-hybridized carbons (Fsp3) is 0.909. The Morgan fingerprint density at radius 2 is 2.23 bits per heavy atom. The van der Waals surface area contributed by atoms with Crippen molar-refractivity contribution in [2.45, 2.75) is 39.2 Å². The molecule has 0 aliphatic carbocycles. The van der Waals surface area contributed by atoms with Crippen molar-refractivity contribution in [3.8, 4) is 6.07 Å². The zero-order chi connectivity index (χ0) is 9.84. The van der Waals surface area contributed by atoms with Gasteiger partial charge in [-0.1, -0.05) is 13.8 Å². The molecule has 13 heavy (non-hydrogen) atoms. The van der Waals surface area contributed by atoms with Gasteiger partial charge in [0.05, 0.1) is 12.5 Å². The van der Waals surface area contributed by atoms with Gasteiger partial charge in [0, 0.05) is 6.04 Å². The number of nitrogens with zero attached hydrogens (tertiary/aromatic N) is 2. The number of rotatable bonds is 2. The zero-order valence-corrected chi connectivity index (χ0v) is 8.95. The average Bonchev–Trinajstić information content (AvgIpc) is 2.08. The molecule has 0 aromatic carbocycles. The Labute approximate surface area is 81.5 Å². The summed E-state index contributed by atoms with van der Waals surface area (Å²) < 4.78 is 0. The van der Waals surface area contributed by atoms with Crippen LogP contribution in [0.3, 0.4) is 0 Å². The molecule has 0 bridgehead atoms. The van der Waals surface area contributed by atoms with Crippen molar-refractivity contribution in [3.05, 3.63) is 0 Å². The lowest BCUT2D eigenvalue weighted by Gasteiger charge is -2.37. The molecule has 2 nitrogen and oxygen atoms in total. The van der Waals surface area contributed by atoms with Crippen molar-refractivity contribution >= 4 is 0 Å². The van der Waals surface area contributed by atoms with E-state index in [1.165, 1.54) is 12.8 Å². The molecule has 2 atom stereocenters. The summed E-state index contributed by atoms with van der Waals surface area (Å²) in [6.45, 7) is 5.74. The Kier molecular flexibility index (Phi) is 3.74. The molecule has 0 saturated carbocycles. The third kappa shape index (κ3) is 2.70. The Hall–Kier alpha value is -0.550. The minimum absolute atomic E-state index is 0.506. The van der Waals surface area contributed by atoms with Gasteiger partial charge in [-0.2, -0.15) is 5.26 Å². The summed E-state index contributed by atoms with van der Waals surface area (Å²) in [6, 6.07) is 2.79. The highest BCUT2D eigenvalue weighted by atomic mass is 15.1. The molecule has 1 unspecified atom stereocenters. The van der Waals surface area contributed by atoms with Crippen molar-refractivity contribution in [3.63, 3.8) is 0 Å². The first-order valence-electron chi connectivity index (χ1n) is 5.22. The molecule has 0 amide bonds.